The first-order chi connectivity index (χ1) is 12.9. The minimum absolute atomic E-state index is 0.0343. The number of hydrogen-bond donors (Lipinski definition) is 2. The molecular formula is C24H30N2O. The summed E-state index contributed by atoms with van der Waals surface area (Å²) < 4.78 is 0. The predicted octanol–water partition coefficient (Wildman–Crippen LogP) is 5.51. The van der Waals surface area contributed by atoms with Crippen LogP contribution in [0.4, 0.5) is 0 Å². The zero-order valence-electron chi connectivity index (χ0n) is 16.8. The number of H-pyrrole nitrogens is 1. The van der Waals surface area contributed by atoms with Gasteiger partial charge in [-0.3, -0.25) is 4.79 Å². The second-order valence-electron chi connectivity index (χ2n) is 8.27. The Morgan fingerprint density at radius 3 is 2.44 bits per heavy atom. The summed E-state index contributed by atoms with van der Waals surface area (Å²) in [5, 5.41) is 4.21. The summed E-state index contributed by atoms with van der Waals surface area (Å²) in [4.78, 5) is 15.9. The molecule has 0 aliphatic carbocycles. The molecule has 0 fully saturated rings. The van der Waals surface area contributed by atoms with Crippen molar-refractivity contribution in [3.05, 3.63) is 71.4 Å². The largest absolute Gasteiger partial charge is 0.361 e. The van der Waals surface area contributed by atoms with Crippen LogP contribution in [0, 0.1) is 0 Å². The summed E-state index contributed by atoms with van der Waals surface area (Å²) in [6, 6.07) is 17.0. The highest BCUT2D eigenvalue weighted by Gasteiger charge is 2.22. The summed E-state index contributed by atoms with van der Waals surface area (Å²) in [5.74, 6) is 0.138. The molecule has 2 aromatic carbocycles. The molecule has 2 N–H and O–H groups in total. The Labute approximate surface area is 162 Å². The number of carbonyl (C=O) groups excluding carboxylic acids is 1. The molecule has 142 valence electrons. The molecule has 0 aliphatic rings. The number of aromatic amines is 1. The zero-order chi connectivity index (χ0) is 19.4. The number of hydrogen-bond acceptors (Lipinski definition) is 1. The fourth-order valence-corrected chi connectivity index (χ4v) is 3.53. The Bertz CT molecular complexity index is 900. The molecular weight excluding hydrogens is 332 g/mol. The van der Waals surface area contributed by atoms with E-state index in [9.17, 15) is 4.79 Å². The third-order valence-corrected chi connectivity index (χ3v) is 5.14. The first-order valence-electron chi connectivity index (χ1n) is 9.83. The number of fused-ring (bicyclic) bond motifs is 1. The monoisotopic (exact) mass is 362 g/mol. The van der Waals surface area contributed by atoms with Crippen LogP contribution in [0.1, 0.15) is 63.1 Å². The molecule has 0 unspecified atom stereocenters. The second kappa shape index (κ2) is 7.99. The first kappa shape index (κ1) is 19.2. The van der Waals surface area contributed by atoms with Gasteiger partial charge in [-0.1, -0.05) is 70.2 Å². The maximum atomic E-state index is 12.5. The van der Waals surface area contributed by atoms with Crippen molar-refractivity contribution >= 4 is 16.8 Å². The number of rotatable bonds is 6. The van der Waals surface area contributed by atoms with E-state index in [1.165, 1.54) is 22.1 Å². The quantitative estimate of drug-likeness (QED) is 0.596. The van der Waals surface area contributed by atoms with Crippen molar-refractivity contribution in [3.8, 4) is 0 Å². The van der Waals surface area contributed by atoms with Gasteiger partial charge in [-0.25, -0.2) is 0 Å². The molecule has 1 atom stereocenters. The van der Waals surface area contributed by atoms with Gasteiger partial charge >= 0.3 is 0 Å². The highest BCUT2D eigenvalue weighted by atomic mass is 16.1. The molecule has 3 nitrogen and oxygen atoms in total. The summed E-state index contributed by atoms with van der Waals surface area (Å²) in [5.41, 5.74) is 4.89. The molecule has 1 aromatic heterocycles. The number of carbonyl (C=O) groups is 1. The van der Waals surface area contributed by atoms with Gasteiger partial charge in [-0.05, 0) is 34.6 Å². The van der Waals surface area contributed by atoms with Crippen LogP contribution in [0.15, 0.2) is 54.7 Å². The predicted molar refractivity (Wildman–Crippen MR) is 113 cm³/mol. The Kier molecular flexibility index (Phi) is 5.69. The van der Waals surface area contributed by atoms with Crippen molar-refractivity contribution in [2.75, 3.05) is 6.54 Å². The molecule has 1 amide bonds. The molecule has 1 heterocycles. The van der Waals surface area contributed by atoms with Crippen LogP contribution in [0.2, 0.25) is 0 Å². The van der Waals surface area contributed by atoms with Crippen molar-refractivity contribution in [2.24, 2.45) is 0 Å². The normalized spacial score (nSPS) is 12.9. The van der Waals surface area contributed by atoms with Crippen LogP contribution in [0.5, 0.6) is 0 Å². The van der Waals surface area contributed by atoms with E-state index in [2.05, 4.69) is 86.7 Å². The van der Waals surface area contributed by atoms with Crippen LogP contribution in [-0.4, -0.2) is 17.4 Å². The highest BCUT2D eigenvalue weighted by molar-refractivity contribution is 5.86. The van der Waals surface area contributed by atoms with Gasteiger partial charge in [0.25, 0.3) is 0 Å². The lowest BCUT2D eigenvalue weighted by atomic mass is 9.83. The number of nitrogens with one attached hydrogen (secondary N) is 2. The number of amides is 1. The Morgan fingerprint density at radius 1 is 1.07 bits per heavy atom. The van der Waals surface area contributed by atoms with Crippen LogP contribution in [0.25, 0.3) is 10.9 Å². The summed E-state index contributed by atoms with van der Waals surface area (Å²) in [6.45, 7) is 9.46. The van der Waals surface area contributed by atoms with E-state index in [-0.39, 0.29) is 17.2 Å². The average Bonchev–Trinajstić information content (AvgIpc) is 3.08. The SMILES string of the molecule is CCCNC(=O)C[C@H](c1ccc(C(C)(C)C)cc1)c1c[nH]c2ccccc12. The standard InChI is InChI=1S/C24H30N2O/c1-5-14-25-23(27)15-20(17-10-12-18(13-11-17)24(2,3)4)21-16-26-22-9-7-6-8-19(21)22/h6-13,16,20,26H,5,14-15H2,1-4H3,(H,25,27)/t20-/m1/s1. The Hall–Kier alpha value is -2.55. The number of aromatic nitrogens is 1. The summed E-state index contributed by atoms with van der Waals surface area (Å²) >= 11 is 0. The number of benzene rings is 2. The molecule has 0 saturated heterocycles. The van der Waals surface area contributed by atoms with Gasteiger partial charge in [-0.15, -0.1) is 0 Å². The van der Waals surface area contributed by atoms with Gasteiger partial charge in [0.15, 0.2) is 0 Å². The van der Waals surface area contributed by atoms with E-state index in [0.717, 1.165) is 18.5 Å². The van der Waals surface area contributed by atoms with E-state index >= 15 is 0 Å². The molecule has 0 saturated carbocycles. The van der Waals surface area contributed by atoms with Crippen LogP contribution in [-0.2, 0) is 10.2 Å². The third kappa shape index (κ3) is 4.41. The molecule has 0 spiro atoms. The van der Waals surface area contributed by atoms with Gasteiger partial charge in [0.05, 0.1) is 0 Å². The van der Waals surface area contributed by atoms with E-state index in [4.69, 9.17) is 0 Å². The van der Waals surface area contributed by atoms with Crippen LogP contribution in [0.3, 0.4) is 0 Å². The van der Waals surface area contributed by atoms with E-state index < -0.39 is 0 Å². The number of para-hydroxylation sites is 1. The molecule has 27 heavy (non-hydrogen) atoms. The average molecular weight is 363 g/mol. The molecule has 3 heteroatoms. The van der Waals surface area contributed by atoms with Gasteiger partial charge in [0.2, 0.25) is 5.91 Å². The fourth-order valence-electron chi connectivity index (χ4n) is 3.53. The van der Waals surface area contributed by atoms with Crippen LogP contribution < -0.4 is 5.32 Å². The molecule has 0 radical (unpaired) electrons. The van der Waals surface area contributed by atoms with Gasteiger partial charge in [0, 0.05) is 36.0 Å². The van der Waals surface area contributed by atoms with Crippen molar-refractivity contribution in [2.45, 2.75) is 51.9 Å². The summed E-state index contributed by atoms with van der Waals surface area (Å²) in [7, 11) is 0. The minimum Gasteiger partial charge on any atom is -0.361 e. The van der Waals surface area contributed by atoms with Gasteiger partial charge in [0.1, 0.15) is 0 Å². The lowest BCUT2D eigenvalue weighted by Crippen LogP contribution is -2.26. The maximum absolute atomic E-state index is 12.5. The molecule has 0 aliphatic heterocycles. The van der Waals surface area contributed by atoms with Crippen molar-refractivity contribution in [1.29, 1.82) is 0 Å². The topological polar surface area (TPSA) is 44.9 Å². The van der Waals surface area contributed by atoms with Crippen molar-refractivity contribution in [3.63, 3.8) is 0 Å². The van der Waals surface area contributed by atoms with Crippen molar-refractivity contribution < 1.29 is 4.79 Å². The Balaban J connectivity index is 1.98. The molecule has 3 rings (SSSR count). The van der Waals surface area contributed by atoms with E-state index in [0.29, 0.717) is 6.42 Å². The molecule has 3 aromatic rings. The summed E-state index contributed by atoms with van der Waals surface area (Å²) in [6.07, 6.45) is 3.46. The van der Waals surface area contributed by atoms with Crippen LogP contribution >= 0.6 is 0 Å². The first-order valence-corrected chi connectivity index (χ1v) is 9.83. The Morgan fingerprint density at radius 2 is 1.78 bits per heavy atom. The van der Waals surface area contributed by atoms with E-state index in [1.807, 2.05) is 6.07 Å². The van der Waals surface area contributed by atoms with Gasteiger partial charge in [-0.2, -0.15) is 0 Å². The lowest BCUT2D eigenvalue weighted by Gasteiger charge is -2.22. The molecule has 0 bridgehead atoms. The fraction of sp³-hybridized carbons (Fsp3) is 0.375. The lowest BCUT2D eigenvalue weighted by molar-refractivity contribution is -0.121. The second-order valence-corrected chi connectivity index (χ2v) is 8.27. The van der Waals surface area contributed by atoms with Crippen molar-refractivity contribution in [1.82, 2.24) is 10.3 Å². The third-order valence-electron chi connectivity index (χ3n) is 5.14. The zero-order valence-corrected chi connectivity index (χ0v) is 16.8. The highest BCUT2D eigenvalue weighted by Crippen LogP contribution is 2.34. The smallest absolute Gasteiger partial charge is 0.220 e. The maximum Gasteiger partial charge on any atom is 0.220 e. The van der Waals surface area contributed by atoms with Gasteiger partial charge < -0.3 is 10.3 Å². The van der Waals surface area contributed by atoms with E-state index in [1.54, 1.807) is 0 Å². The minimum atomic E-state index is 0.0343.